The Labute approximate surface area is 277 Å². The summed E-state index contributed by atoms with van der Waals surface area (Å²) in [5.41, 5.74) is 4.09. The van der Waals surface area contributed by atoms with Gasteiger partial charge >= 0.3 is 0 Å². The van der Waals surface area contributed by atoms with Gasteiger partial charge in [-0.3, -0.25) is 0 Å². The minimum absolute atomic E-state index is 0.329. The van der Waals surface area contributed by atoms with Gasteiger partial charge in [0.15, 0.2) is 5.79 Å². The monoisotopic (exact) mass is 640 g/mol. The van der Waals surface area contributed by atoms with Gasteiger partial charge in [-0.25, -0.2) is 0 Å². The molecule has 0 spiro atoms. The number of hydrogen-bond donors (Lipinski definition) is 0. The Kier molecular flexibility index (Phi) is 10.9. The highest BCUT2D eigenvalue weighted by Gasteiger charge is 2.60. The molecule has 2 aliphatic rings. The topological polar surface area (TPSA) is 73.8 Å². The van der Waals surface area contributed by atoms with Gasteiger partial charge in [0.25, 0.3) is 0 Å². The Balaban J connectivity index is 1.34. The lowest BCUT2D eigenvalue weighted by molar-refractivity contribution is -0.252. The summed E-state index contributed by atoms with van der Waals surface area (Å²) in [6.07, 6.45) is -3.07. The van der Waals surface area contributed by atoms with E-state index in [1.807, 2.05) is 123 Å². The molecule has 47 heavy (non-hydrogen) atoms. The summed E-state index contributed by atoms with van der Waals surface area (Å²) in [4.78, 5) is 0. The second-order valence-electron chi connectivity index (χ2n) is 12.3. The molecule has 1 saturated heterocycles. The van der Waals surface area contributed by atoms with Crippen LogP contribution < -0.4 is 9.47 Å². The fraction of sp³-hybridized carbons (Fsp3) is 0.385. The van der Waals surface area contributed by atoms with Crippen molar-refractivity contribution in [3.8, 4) is 11.5 Å². The molecule has 0 radical (unpaired) electrons. The molecule has 1 aliphatic carbocycles. The Hall–Kier alpha value is -3.76. The lowest BCUT2D eigenvalue weighted by atomic mass is 9.84. The van der Waals surface area contributed by atoms with Crippen molar-refractivity contribution in [2.45, 2.75) is 82.7 Å². The lowest BCUT2D eigenvalue weighted by Crippen LogP contribution is -2.65. The SMILES string of the molecule is COc1ccc(CO[C@@H]2[C@@H](OCc3ccc(OC)cc3)[C@H](OCc3ccccc3)[C@@H]3OC(C)(C)O[C@@H]3[C@H]2OCc2ccccc2)cc1. The van der Waals surface area contributed by atoms with Crippen LogP contribution in [0, 0.1) is 0 Å². The molecule has 1 aliphatic heterocycles. The van der Waals surface area contributed by atoms with E-state index >= 15 is 0 Å². The third-order valence-electron chi connectivity index (χ3n) is 8.56. The van der Waals surface area contributed by atoms with Crippen LogP contribution in [0.15, 0.2) is 109 Å². The molecular weight excluding hydrogens is 596 g/mol. The molecule has 6 rings (SSSR count). The smallest absolute Gasteiger partial charge is 0.164 e. The summed E-state index contributed by atoms with van der Waals surface area (Å²) in [7, 11) is 3.31. The van der Waals surface area contributed by atoms with E-state index in [4.69, 9.17) is 37.9 Å². The van der Waals surface area contributed by atoms with Crippen LogP contribution in [-0.4, -0.2) is 56.6 Å². The van der Waals surface area contributed by atoms with Gasteiger partial charge in [-0.15, -0.1) is 0 Å². The summed E-state index contributed by atoms with van der Waals surface area (Å²) in [6.45, 7) is 5.26. The van der Waals surface area contributed by atoms with Gasteiger partial charge in [-0.2, -0.15) is 0 Å². The molecule has 4 aromatic carbocycles. The minimum Gasteiger partial charge on any atom is -0.497 e. The molecule has 0 N–H and O–H groups in total. The average Bonchev–Trinajstić information content (AvgIpc) is 3.44. The molecule has 248 valence electrons. The maximum absolute atomic E-state index is 6.81. The predicted octanol–water partition coefficient (Wildman–Crippen LogP) is 6.88. The molecule has 1 heterocycles. The highest BCUT2D eigenvalue weighted by Crippen LogP contribution is 2.42. The van der Waals surface area contributed by atoms with Crippen molar-refractivity contribution in [3.05, 3.63) is 131 Å². The molecule has 8 nitrogen and oxygen atoms in total. The fourth-order valence-electron chi connectivity index (χ4n) is 6.19. The fourth-order valence-corrected chi connectivity index (χ4v) is 6.19. The summed E-state index contributed by atoms with van der Waals surface area (Å²) in [5.74, 6) is 0.711. The van der Waals surface area contributed by atoms with Crippen LogP contribution in [0.1, 0.15) is 36.1 Å². The number of methoxy groups -OCH3 is 2. The zero-order chi connectivity index (χ0) is 32.6. The Bertz CT molecular complexity index is 1400. The van der Waals surface area contributed by atoms with Gasteiger partial charge < -0.3 is 37.9 Å². The van der Waals surface area contributed by atoms with Crippen molar-refractivity contribution >= 4 is 0 Å². The van der Waals surface area contributed by atoms with E-state index in [0.29, 0.717) is 26.4 Å². The highest BCUT2D eigenvalue weighted by atomic mass is 16.8. The third-order valence-corrected chi connectivity index (χ3v) is 8.56. The van der Waals surface area contributed by atoms with Crippen LogP contribution in [0.4, 0.5) is 0 Å². The van der Waals surface area contributed by atoms with E-state index in [0.717, 1.165) is 33.8 Å². The molecule has 0 bridgehead atoms. The van der Waals surface area contributed by atoms with E-state index in [1.165, 1.54) is 0 Å². The lowest BCUT2D eigenvalue weighted by Gasteiger charge is -2.46. The first-order valence-corrected chi connectivity index (χ1v) is 16.1. The summed E-state index contributed by atoms with van der Waals surface area (Å²) in [5, 5.41) is 0. The third kappa shape index (κ3) is 8.40. The standard InChI is InChI=1S/C39H44O8/c1-39(2)46-37-35(44-23-27-11-7-5-8-12-27)33(42-25-29-15-19-31(40-3)20-16-29)34(43-26-30-17-21-32(41-4)22-18-30)36(38(37)47-39)45-24-28-13-9-6-10-14-28/h5-22,33-38H,23-26H2,1-4H3/t33-,34-,35+,36+,37-,38+/m1/s1. The number of ether oxygens (including phenoxy) is 8. The molecule has 8 heteroatoms. The van der Waals surface area contributed by atoms with Crippen molar-refractivity contribution in [1.29, 1.82) is 0 Å². The molecule has 6 atom stereocenters. The van der Waals surface area contributed by atoms with Crippen molar-refractivity contribution in [2.75, 3.05) is 14.2 Å². The molecule has 2 fully saturated rings. The highest BCUT2D eigenvalue weighted by molar-refractivity contribution is 5.28. The second-order valence-corrected chi connectivity index (χ2v) is 12.3. The van der Waals surface area contributed by atoms with Gasteiger partial charge in [0, 0.05) is 0 Å². The number of benzene rings is 4. The van der Waals surface area contributed by atoms with E-state index in [1.54, 1.807) is 14.2 Å². The van der Waals surface area contributed by atoms with Crippen LogP contribution in [0.5, 0.6) is 11.5 Å². The Morgan fingerprint density at radius 1 is 0.447 bits per heavy atom. The quantitative estimate of drug-likeness (QED) is 0.148. The molecule has 4 aromatic rings. The van der Waals surface area contributed by atoms with E-state index < -0.39 is 42.4 Å². The van der Waals surface area contributed by atoms with Gasteiger partial charge in [0.2, 0.25) is 0 Å². The molecule has 1 saturated carbocycles. The van der Waals surface area contributed by atoms with Gasteiger partial charge in [0.05, 0.1) is 40.6 Å². The number of hydrogen-bond acceptors (Lipinski definition) is 8. The Morgan fingerprint density at radius 2 is 0.766 bits per heavy atom. The van der Waals surface area contributed by atoms with Gasteiger partial charge in [0.1, 0.15) is 48.1 Å². The van der Waals surface area contributed by atoms with Crippen LogP contribution in [0.25, 0.3) is 0 Å². The van der Waals surface area contributed by atoms with Crippen molar-refractivity contribution in [1.82, 2.24) is 0 Å². The molecule has 0 unspecified atom stereocenters. The maximum atomic E-state index is 6.81. The second kappa shape index (κ2) is 15.4. The maximum Gasteiger partial charge on any atom is 0.164 e. The van der Waals surface area contributed by atoms with Crippen molar-refractivity contribution < 1.29 is 37.9 Å². The minimum atomic E-state index is -0.858. The summed E-state index contributed by atoms with van der Waals surface area (Å²) >= 11 is 0. The first kappa shape index (κ1) is 33.2. The van der Waals surface area contributed by atoms with Crippen LogP contribution in [-0.2, 0) is 54.8 Å². The number of rotatable bonds is 14. The van der Waals surface area contributed by atoms with Crippen LogP contribution in [0.2, 0.25) is 0 Å². The summed E-state index contributed by atoms with van der Waals surface area (Å²) in [6, 6.07) is 35.9. The van der Waals surface area contributed by atoms with Gasteiger partial charge in [-0.1, -0.05) is 84.9 Å². The van der Waals surface area contributed by atoms with Crippen molar-refractivity contribution in [2.24, 2.45) is 0 Å². The number of fused-ring (bicyclic) bond motifs is 1. The van der Waals surface area contributed by atoms with Crippen molar-refractivity contribution in [3.63, 3.8) is 0 Å². The predicted molar refractivity (Wildman–Crippen MR) is 177 cm³/mol. The van der Waals surface area contributed by atoms with Gasteiger partial charge in [-0.05, 0) is 60.4 Å². The van der Waals surface area contributed by atoms with E-state index in [9.17, 15) is 0 Å². The van der Waals surface area contributed by atoms with Crippen LogP contribution >= 0.6 is 0 Å². The zero-order valence-corrected chi connectivity index (χ0v) is 27.5. The Morgan fingerprint density at radius 3 is 1.11 bits per heavy atom. The average molecular weight is 641 g/mol. The largest absolute Gasteiger partial charge is 0.497 e. The van der Waals surface area contributed by atoms with E-state index in [-0.39, 0.29) is 0 Å². The zero-order valence-electron chi connectivity index (χ0n) is 27.5. The molecule has 0 amide bonds. The molecule has 0 aromatic heterocycles. The first-order valence-electron chi connectivity index (χ1n) is 16.1. The summed E-state index contributed by atoms with van der Waals surface area (Å²) < 4.78 is 51.0. The first-order chi connectivity index (χ1) is 22.9. The van der Waals surface area contributed by atoms with E-state index in [2.05, 4.69) is 0 Å². The normalized spacial score (nSPS) is 24.9. The van der Waals surface area contributed by atoms with Crippen LogP contribution in [0.3, 0.4) is 0 Å². The molecular formula is C39H44O8.